The molecule has 6 heteroatoms. The van der Waals surface area contributed by atoms with Crippen LogP contribution in [0.3, 0.4) is 0 Å². The molecule has 0 amide bonds. The Kier molecular flexibility index (Phi) is 4.40. The van der Waals surface area contributed by atoms with Gasteiger partial charge in [0.05, 0.1) is 6.20 Å². The molecule has 1 aromatic carbocycles. The smallest absolute Gasteiger partial charge is 0.218 e. The standard InChI is InChI=1S/C18H20N4OS/c1-18(2,3)15-11-20-16(23-15)8-7-14-10-21-17(24-14)22-13-6-4-5-12(19)9-13/h4-11H,19H2,1-3H3,(H,21,22)/b8-7+. The Morgan fingerprint density at radius 3 is 2.71 bits per heavy atom. The van der Waals surface area contributed by atoms with E-state index in [1.54, 1.807) is 17.5 Å². The van der Waals surface area contributed by atoms with Gasteiger partial charge in [0.2, 0.25) is 5.89 Å². The Morgan fingerprint density at radius 2 is 2.00 bits per heavy atom. The molecule has 0 aliphatic rings. The summed E-state index contributed by atoms with van der Waals surface area (Å²) in [6.07, 6.45) is 7.38. The molecule has 24 heavy (non-hydrogen) atoms. The first kappa shape index (κ1) is 16.3. The first-order valence-corrected chi connectivity index (χ1v) is 8.44. The number of nitrogens with two attached hydrogens (primary N) is 1. The van der Waals surface area contributed by atoms with Crippen LogP contribution in [0.25, 0.3) is 12.2 Å². The third-order valence-electron chi connectivity index (χ3n) is 3.31. The molecule has 0 radical (unpaired) electrons. The van der Waals surface area contributed by atoms with Gasteiger partial charge in [-0.05, 0) is 24.3 Å². The van der Waals surface area contributed by atoms with Crippen LogP contribution in [0, 0.1) is 0 Å². The molecule has 3 N–H and O–H groups in total. The maximum Gasteiger partial charge on any atom is 0.218 e. The summed E-state index contributed by atoms with van der Waals surface area (Å²) < 4.78 is 5.74. The van der Waals surface area contributed by atoms with Crippen LogP contribution >= 0.6 is 11.3 Å². The minimum absolute atomic E-state index is 0.0435. The third kappa shape index (κ3) is 4.02. The SMILES string of the molecule is CC(C)(C)c1cnc(/C=C/c2cnc(Nc3cccc(N)c3)s2)o1. The number of benzene rings is 1. The summed E-state index contributed by atoms with van der Waals surface area (Å²) >= 11 is 1.55. The van der Waals surface area contributed by atoms with Crippen LogP contribution in [-0.2, 0) is 5.41 Å². The number of oxazole rings is 1. The van der Waals surface area contributed by atoms with Crippen LogP contribution in [0.5, 0.6) is 0 Å². The summed E-state index contributed by atoms with van der Waals surface area (Å²) in [5.74, 6) is 1.47. The summed E-state index contributed by atoms with van der Waals surface area (Å²) in [6.45, 7) is 6.29. The lowest BCUT2D eigenvalue weighted by atomic mass is 9.94. The van der Waals surface area contributed by atoms with Gasteiger partial charge < -0.3 is 15.5 Å². The van der Waals surface area contributed by atoms with Crippen molar-refractivity contribution in [1.82, 2.24) is 9.97 Å². The van der Waals surface area contributed by atoms with Gasteiger partial charge >= 0.3 is 0 Å². The van der Waals surface area contributed by atoms with Crippen molar-refractivity contribution in [1.29, 1.82) is 0 Å². The fraction of sp³-hybridized carbons (Fsp3) is 0.222. The summed E-state index contributed by atoms with van der Waals surface area (Å²) in [4.78, 5) is 9.66. The molecule has 0 saturated heterocycles. The second-order valence-corrected chi connectivity index (χ2v) is 7.53. The molecular weight excluding hydrogens is 320 g/mol. The highest BCUT2D eigenvalue weighted by Gasteiger charge is 2.18. The maximum atomic E-state index is 5.78. The third-order valence-corrected chi connectivity index (χ3v) is 4.19. The molecule has 3 aromatic rings. The van der Waals surface area contributed by atoms with Gasteiger partial charge in [-0.25, -0.2) is 9.97 Å². The molecule has 2 aromatic heterocycles. The van der Waals surface area contributed by atoms with Gasteiger partial charge in [-0.15, -0.1) is 0 Å². The van der Waals surface area contributed by atoms with Crippen LogP contribution in [0.15, 0.2) is 41.1 Å². The number of thiazole rings is 1. The van der Waals surface area contributed by atoms with E-state index in [1.165, 1.54) is 0 Å². The van der Waals surface area contributed by atoms with Crippen LogP contribution in [0.2, 0.25) is 0 Å². The number of anilines is 3. The fourth-order valence-corrected chi connectivity index (χ4v) is 2.77. The molecule has 124 valence electrons. The molecule has 3 rings (SSSR count). The maximum absolute atomic E-state index is 5.78. The quantitative estimate of drug-likeness (QED) is 0.659. The van der Waals surface area contributed by atoms with Crippen molar-refractivity contribution in [3.8, 4) is 0 Å². The summed E-state index contributed by atoms with van der Waals surface area (Å²) in [6, 6.07) is 7.58. The molecule has 0 bridgehead atoms. The van der Waals surface area contributed by atoms with Crippen molar-refractivity contribution >= 4 is 40.0 Å². The molecule has 0 unspecified atom stereocenters. The van der Waals surface area contributed by atoms with Crippen molar-refractivity contribution in [3.63, 3.8) is 0 Å². The minimum atomic E-state index is -0.0435. The van der Waals surface area contributed by atoms with E-state index in [1.807, 2.05) is 42.6 Å². The van der Waals surface area contributed by atoms with E-state index in [4.69, 9.17) is 10.2 Å². The Bertz CT molecular complexity index is 858. The fourth-order valence-electron chi connectivity index (χ4n) is 2.03. The van der Waals surface area contributed by atoms with Crippen LogP contribution in [0.1, 0.15) is 37.3 Å². The molecule has 0 atom stereocenters. The number of hydrogen-bond acceptors (Lipinski definition) is 6. The lowest BCUT2D eigenvalue weighted by Crippen LogP contribution is -2.09. The molecule has 0 saturated carbocycles. The number of rotatable bonds is 4. The summed E-state index contributed by atoms with van der Waals surface area (Å²) in [5, 5.41) is 4.05. The number of nitrogens with zero attached hydrogens (tertiary/aromatic N) is 2. The summed E-state index contributed by atoms with van der Waals surface area (Å²) in [5.41, 5.74) is 7.37. The second kappa shape index (κ2) is 6.49. The lowest BCUT2D eigenvalue weighted by Gasteiger charge is -2.12. The molecule has 0 fully saturated rings. The van der Waals surface area contributed by atoms with Gasteiger partial charge in [0.15, 0.2) is 5.13 Å². The van der Waals surface area contributed by atoms with Crippen LogP contribution < -0.4 is 11.1 Å². The normalized spacial score (nSPS) is 12.0. The van der Waals surface area contributed by atoms with E-state index < -0.39 is 0 Å². The van der Waals surface area contributed by atoms with E-state index in [2.05, 4.69) is 36.1 Å². The van der Waals surface area contributed by atoms with Crippen molar-refractivity contribution in [3.05, 3.63) is 53.2 Å². The Labute approximate surface area is 145 Å². The zero-order chi connectivity index (χ0) is 17.2. The van der Waals surface area contributed by atoms with Gasteiger partial charge in [0, 0.05) is 33.9 Å². The molecule has 0 spiro atoms. The van der Waals surface area contributed by atoms with Crippen molar-refractivity contribution in [2.45, 2.75) is 26.2 Å². The minimum Gasteiger partial charge on any atom is -0.441 e. The highest BCUT2D eigenvalue weighted by Crippen LogP contribution is 2.26. The highest BCUT2D eigenvalue weighted by molar-refractivity contribution is 7.16. The molecular formula is C18H20N4OS. The van der Waals surface area contributed by atoms with E-state index in [9.17, 15) is 0 Å². The number of hydrogen-bond donors (Lipinski definition) is 2. The lowest BCUT2D eigenvalue weighted by molar-refractivity contribution is 0.403. The molecule has 5 nitrogen and oxygen atoms in total. The number of nitrogens with one attached hydrogen (secondary N) is 1. The largest absolute Gasteiger partial charge is 0.441 e. The molecule has 2 heterocycles. The monoisotopic (exact) mass is 340 g/mol. The first-order chi connectivity index (χ1) is 11.4. The van der Waals surface area contributed by atoms with Gasteiger partial charge in [-0.1, -0.05) is 38.2 Å². The Hall–Kier alpha value is -2.60. The van der Waals surface area contributed by atoms with Crippen molar-refractivity contribution in [2.75, 3.05) is 11.1 Å². The van der Waals surface area contributed by atoms with Gasteiger partial charge in [-0.2, -0.15) is 0 Å². The van der Waals surface area contributed by atoms with Crippen molar-refractivity contribution in [2.24, 2.45) is 0 Å². The Morgan fingerprint density at radius 1 is 1.17 bits per heavy atom. The molecule has 0 aliphatic carbocycles. The predicted octanol–water partition coefficient (Wildman–Crippen LogP) is 4.92. The van der Waals surface area contributed by atoms with E-state index in [-0.39, 0.29) is 5.41 Å². The second-order valence-electron chi connectivity index (χ2n) is 6.46. The van der Waals surface area contributed by atoms with Crippen LogP contribution in [0.4, 0.5) is 16.5 Å². The Balaban J connectivity index is 1.68. The van der Waals surface area contributed by atoms with Gasteiger partial charge in [0.25, 0.3) is 0 Å². The average molecular weight is 340 g/mol. The van der Waals surface area contributed by atoms with Gasteiger partial charge in [0.1, 0.15) is 5.76 Å². The van der Waals surface area contributed by atoms with Crippen LogP contribution in [-0.4, -0.2) is 9.97 Å². The van der Waals surface area contributed by atoms with E-state index >= 15 is 0 Å². The average Bonchev–Trinajstić information content (AvgIpc) is 3.13. The topological polar surface area (TPSA) is 77.0 Å². The number of aromatic nitrogens is 2. The molecule has 0 aliphatic heterocycles. The zero-order valence-corrected chi connectivity index (χ0v) is 14.7. The van der Waals surface area contributed by atoms with E-state index in [0.717, 1.165) is 27.1 Å². The van der Waals surface area contributed by atoms with Gasteiger partial charge in [-0.3, -0.25) is 0 Å². The predicted molar refractivity (Wildman–Crippen MR) is 100 cm³/mol. The number of nitrogen functional groups attached to an aromatic ring is 1. The first-order valence-electron chi connectivity index (χ1n) is 7.63. The van der Waals surface area contributed by atoms with Crippen molar-refractivity contribution < 1.29 is 4.42 Å². The highest BCUT2D eigenvalue weighted by atomic mass is 32.1. The zero-order valence-electron chi connectivity index (χ0n) is 13.9. The van der Waals surface area contributed by atoms with E-state index in [0.29, 0.717) is 5.89 Å². The summed E-state index contributed by atoms with van der Waals surface area (Å²) in [7, 11) is 0.